The van der Waals surface area contributed by atoms with Crippen LogP contribution in [0.3, 0.4) is 0 Å². The molecular formula is C15H14FN5OS. The molecule has 0 unspecified atom stereocenters. The Kier molecular flexibility index (Phi) is 4.24. The molecular weight excluding hydrogens is 317 g/mol. The lowest BCUT2D eigenvalue weighted by atomic mass is 10.2. The number of fused-ring (bicyclic) bond motifs is 1. The minimum atomic E-state index is -0.418. The van der Waals surface area contributed by atoms with Crippen LogP contribution in [0.2, 0.25) is 0 Å². The molecule has 0 bridgehead atoms. The van der Waals surface area contributed by atoms with Crippen molar-refractivity contribution in [3.63, 3.8) is 0 Å². The third-order valence-corrected chi connectivity index (χ3v) is 4.40. The summed E-state index contributed by atoms with van der Waals surface area (Å²) in [6.45, 7) is 3.57. The number of aromatic nitrogens is 4. The molecule has 0 aliphatic carbocycles. The number of amides is 1. The maximum absolute atomic E-state index is 13.3. The number of nitrogens with zero attached hydrogens (tertiary/aromatic N) is 3. The van der Waals surface area contributed by atoms with Crippen molar-refractivity contribution in [1.82, 2.24) is 19.9 Å². The number of imidazole rings is 1. The second-order valence-electron chi connectivity index (χ2n) is 4.99. The standard InChI is InChI=1S/C15H14FN5OS/c1-8-3-4-10(16)5-11(8)21-14(22)9(2)23-15-12-13(18-6-17-12)19-7-20-15/h3-7,9H,1-2H3,(H,21,22)(H,17,18,19,20)/t9-/m0/s1. The maximum Gasteiger partial charge on any atom is 0.237 e. The summed E-state index contributed by atoms with van der Waals surface area (Å²) >= 11 is 1.29. The molecule has 0 saturated carbocycles. The van der Waals surface area contributed by atoms with Crippen LogP contribution in [0.25, 0.3) is 11.2 Å². The number of H-pyrrole nitrogens is 1. The molecule has 3 rings (SSSR count). The largest absolute Gasteiger partial charge is 0.341 e. The van der Waals surface area contributed by atoms with Gasteiger partial charge < -0.3 is 10.3 Å². The molecule has 0 spiro atoms. The molecule has 0 aliphatic rings. The van der Waals surface area contributed by atoms with Gasteiger partial charge in [-0.3, -0.25) is 4.79 Å². The van der Waals surface area contributed by atoms with Crippen LogP contribution in [0, 0.1) is 12.7 Å². The summed E-state index contributed by atoms with van der Waals surface area (Å²) in [5, 5.41) is 2.97. The number of halogens is 1. The van der Waals surface area contributed by atoms with E-state index in [-0.39, 0.29) is 11.7 Å². The third-order valence-electron chi connectivity index (χ3n) is 3.30. The smallest absolute Gasteiger partial charge is 0.237 e. The summed E-state index contributed by atoms with van der Waals surface area (Å²) in [6, 6.07) is 4.29. The first-order chi connectivity index (χ1) is 11.0. The second-order valence-corrected chi connectivity index (χ2v) is 6.32. The van der Waals surface area contributed by atoms with Gasteiger partial charge in [0.1, 0.15) is 22.7 Å². The quantitative estimate of drug-likeness (QED) is 0.567. The van der Waals surface area contributed by atoms with E-state index >= 15 is 0 Å². The molecule has 0 saturated heterocycles. The Morgan fingerprint density at radius 3 is 3.00 bits per heavy atom. The van der Waals surface area contributed by atoms with Crippen molar-refractivity contribution >= 4 is 34.5 Å². The van der Waals surface area contributed by atoms with Crippen LogP contribution in [-0.4, -0.2) is 31.1 Å². The Labute approximate surface area is 135 Å². The number of carbonyl (C=O) groups excluding carboxylic acids is 1. The van der Waals surface area contributed by atoms with Crippen LogP contribution in [0.1, 0.15) is 12.5 Å². The van der Waals surface area contributed by atoms with Crippen LogP contribution in [0.4, 0.5) is 10.1 Å². The van der Waals surface area contributed by atoms with E-state index in [9.17, 15) is 9.18 Å². The average Bonchev–Trinajstić information content (AvgIpc) is 3.00. The summed E-state index contributed by atoms with van der Waals surface area (Å²) < 4.78 is 13.3. The number of nitrogens with one attached hydrogen (secondary N) is 2. The Hall–Kier alpha value is -2.48. The number of hydrogen-bond acceptors (Lipinski definition) is 5. The van der Waals surface area contributed by atoms with Gasteiger partial charge in [0.2, 0.25) is 5.91 Å². The summed E-state index contributed by atoms with van der Waals surface area (Å²) in [5.41, 5.74) is 2.52. The summed E-state index contributed by atoms with van der Waals surface area (Å²) in [4.78, 5) is 27.6. The van der Waals surface area contributed by atoms with Crippen molar-refractivity contribution in [2.45, 2.75) is 24.1 Å². The third kappa shape index (κ3) is 3.31. The molecule has 118 valence electrons. The fourth-order valence-corrected chi connectivity index (χ4v) is 2.89. The maximum atomic E-state index is 13.3. The lowest BCUT2D eigenvalue weighted by Crippen LogP contribution is -2.23. The van der Waals surface area contributed by atoms with Crippen molar-refractivity contribution in [2.75, 3.05) is 5.32 Å². The van der Waals surface area contributed by atoms with Gasteiger partial charge in [-0.1, -0.05) is 17.8 Å². The highest BCUT2D eigenvalue weighted by molar-refractivity contribution is 8.00. The molecule has 2 heterocycles. The molecule has 23 heavy (non-hydrogen) atoms. The lowest BCUT2D eigenvalue weighted by Gasteiger charge is -2.13. The first-order valence-corrected chi connectivity index (χ1v) is 7.80. The summed E-state index contributed by atoms with van der Waals surface area (Å²) in [7, 11) is 0. The highest BCUT2D eigenvalue weighted by Crippen LogP contribution is 2.27. The number of thioether (sulfide) groups is 1. The Morgan fingerprint density at radius 2 is 2.17 bits per heavy atom. The van der Waals surface area contributed by atoms with Crippen LogP contribution in [-0.2, 0) is 4.79 Å². The average molecular weight is 331 g/mol. The van der Waals surface area contributed by atoms with E-state index < -0.39 is 5.25 Å². The van der Waals surface area contributed by atoms with E-state index in [0.29, 0.717) is 21.9 Å². The monoisotopic (exact) mass is 331 g/mol. The van der Waals surface area contributed by atoms with Gasteiger partial charge in [0.15, 0.2) is 5.65 Å². The van der Waals surface area contributed by atoms with Gasteiger partial charge in [0, 0.05) is 5.69 Å². The van der Waals surface area contributed by atoms with Crippen molar-refractivity contribution in [3.05, 3.63) is 42.2 Å². The van der Waals surface area contributed by atoms with Crippen LogP contribution >= 0.6 is 11.8 Å². The number of carbonyl (C=O) groups is 1. The van der Waals surface area contributed by atoms with Gasteiger partial charge in [-0.25, -0.2) is 19.3 Å². The molecule has 0 radical (unpaired) electrons. The van der Waals surface area contributed by atoms with Crippen LogP contribution in [0.15, 0.2) is 35.9 Å². The second kappa shape index (κ2) is 6.33. The number of hydrogen-bond donors (Lipinski definition) is 2. The molecule has 2 N–H and O–H groups in total. The zero-order valence-corrected chi connectivity index (χ0v) is 13.3. The predicted molar refractivity (Wildman–Crippen MR) is 86.8 cm³/mol. The zero-order chi connectivity index (χ0) is 16.4. The normalized spacial score (nSPS) is 12.3. The van der Waals surface area contributed by atoms with Crippen LogP contribution in [0.5, 0.6) is 0 Å². The van der Waals surface area contributed by atoms with Gasteiger partial charge in [-0.2, -0.15) is 0 Å². The van der Waals surface area contributed by atoms with E-state index in [1.807, 2.05) is 6.92 Å². The fraction of sp³-hybridized carbons (Fsp3) is 0.200. The number of aromatic amines is 1. The van der Waals surface area contributed by atoms with E-state index in [1.54, 1.807) is 13.0 Å². The Balaban J connectivity index is 1.75. The van der Waals surface area contributed by atoms with Gasteiger partial charge >= 0.3 is 0 Å². The van der Waals surface area contributed by atoms with Crippen molar-refractivity contribution < 1.29 is 9.18 Å². The van der Waals surface area contributed by atoms with Crippen molar-refractivity contribution in [1.29, 1.82) is 0 Å². The Bertz CT molecular complexity index is 866. The molecule has 0 fully saturated rings. The molecule has 6 nitrogen and oxygen atoms in total. The molecule has 0 aliphatic heterocycles. The molecule has 8 heteroatoms. The van der Waals surface area contributed by atoms with Gasteiger partial charge in [0.05, 0.1) is 11.6 Å². The molecule has 1 aromatic carbocycles. The van der Waals surface area contributed by atoms with E-state index in [0.717, 1.165) is 5.56 Å². The van der Waals surface area contributed by atoms with Crippen molar-refractivity contribution in [2.24, 2.45) is 0 Å². The number of benzene rings is 1. The lowest BCUT2D eigenvalue weighted by molar-refractivity contribution is -0.115. The summed E-state index contributed by atoms with van der Waals surface area (Å²) in [5.74, 6) is -0.615. The van der Waals surface area contributed by atoms with E-state index in [1.165, 1.54) is 36.5 Å². The van der Waals surface area contributed by atoms with Crippen molar-refractivity contribution in [3.8, 4) is 0 Å². The van der Waals surface area contributed by atoms with Gasteiger partial charge in [-0.05, 0) is 31.5 Å². The molecule has 3 aromatic rings. The molecule has 1 atom stereocenters. The number of anilines is 1. The minimum absolute atomic E-state index is 0.227. The SMILES string of the molecule is Cc1ccc(F)cc1NC(=O)[C@H](C)Sc1ncnc2nc[nH]c12. The topological polar surface area (TPSA) is 83.6 Å². The Morgan fingerprint density at radius 1 is 1.35 bits per heavy atom. The molecule has 2 aromatic heterocycles. The van der Waals surface area contributed by atoms with E-state index in [2.05, 4.69) is 25.3 Å². The van der Waals surface area contributed by atoms with Gasteiger partial charge in [-0.15, -0.1) is 0 Å². The predicted octanol–water partition coefficient (Wildman–Crippen LogP) is 2.92. The van der Waals surface area contributed by atoms with Gasteiger partial charge in [0.25, 0.3) is 0 Å². The first-order valence-electron chi connectivity index (χ1n) is 6.92. The highest BCUT2D eigenvalue weighted by Gasteiger charge is 2.18. The fourth-order valence-electron chi connectivity index (χ4n) is 2.02. The number of aryl methyl sites for hydroxylation is 1. The number of rotatable bonds is 4. The van der Waals surface area contributed by atoms with E-state index in [4.69, 9.17) is 0 Å². The van der Waals surface area contributed by atoms with Crippen LogP contribution < -0.4 is 5.32 Å². The zero-order valence-electron chi connectivity index (χ0n) is 12.5. The first kappa shape index (κ1) is 15.4. The summed E-state index contributed by atoms with van der Waals surface area (Å²) in [6.07, 6.45) is 2.94. The minimum Gasteiger partial charge on any atom is -0.341 e. The molecule has 1 amide bonds. The highest BCUT2D eigenvalue weighted by atomic mass is 32.2.